The molecule has 8 rings (SSSR count). The topological polar surface area (TPSA) is 17.8 Å². The lowest BCUT2D eigenvalue weighted by molar-refractivity contribution is 1.15. The number of allylic oxidation sites excluding steroid dienone is 4. The number of terminal acetylenes is 1. The van der Waals surface area contributed by atoms with Crippen molar-refractivity contribution >= 4 is 38.3 Å². The summed E-state index contributed by atoms with van der Waals surface area (Å²) in [5, 5.41) is 4.81. The molecular weight excluding hydrogens is 581 g/mol. The number of hydrogen-bond acceptors (Lipinski definition) is 1. The van der Waals surface area contributed by atoms with Crippen molar-refractivity contribution in [1.82, 2.24) is 9.55 Å². The fourth-order valence-corrected chi connectivity index (χ4v) is 6.93. The van der Waals surface area contributed by atoms with Gasteiger partial charge in [0.1, 0.15) is 5.82 Å². The van der Waals surface area contributed by atoms with Crippen LogP contribution in [0.5, 0.6) is 0 Å². The molecule has 0 aliphatic heterocycles. The molecule has 0 unspecified atom stereocenters. The van der Waals surface area contributed by atoms with E-state index in [1.54, 1.807) is 6.08 Å². The number of rotatable bonds is 6. The van der Waals surface area contributed by atoms with Crippen molar-refractivity contribution in [3.63, 3.8) is 0 Å². The number of para-hydroxylation sites is 2. The van der Waals surface area contributed by atoms with E-state index < -0.39 is 0 Å². The first kappa shape index (κ1) is 29.0. The van der Waals surface area contributed by atoms with E-state index in [1.165, 1.54) is 54.9 Å². The van der Waals surface area contributed by atoms with Crippen molar-refractivity contribution in [2.75, 3.05) is 0 Å². The van der Waals surface area contributed by atoms with Crippen LogP contribution in [0.3, 0.4) is 0 Å². The van der Waals surface area contributed by atoms with Crippen molar-refractivity contribution in [3.05, 3.63) is 170 Å². The molecule has 48 heavy (non-hydrogen) atoms. The third-order valence-corrected chi connectivity index (χ3v) is 9.01. The van der Waals surface area contributed by atoms with Gasteiger partial charge in [-0.2, -0.15) is 0 Å². The van der Waals surface area contributed by atoms with Crippen molar-refractivity contribution in [2.24, 2.45) is 0 Å². The highest BCUT2D eigenvalue weighted by atomic mass is 15.1. The molecule has 1 aromatic heterocycles. The molecule has 0 saturated carbocycles. The number of aromatic nitrogens is 2. The third-order valence-electron chi connectivity index (χ3n) is 9.01. The summed E-state index contributed by atoms with van der Waals surface area (Å²) in [6.07, 6.45) is 11.7. The van der Waals surface area contributed by atoms with Crippen LogP contribution < -0.4 is 0 Å². The zero-order valence-electron chi connectivity index (χ0n) is 26.6. The van der Waals surface area contributed by atoms with Crippen molar-refractivity contribution in [2.45, 2.75) is 6.92 Å². The molecule has 2 nitrogen and oxygen atoms in total. The van der Waals surface area contributed by atoms with E-state index in [0.717, 1.165) is 28.1 Å². The Bertz CT molecular complexity index is 2540. The molecular formula is C46H32N2. The Kier molecular flexibility index (Phi) is 7.49. The second kappa shape index (κ2) is 12.4. The van der Waals surface area contributed by atoms with E-state index in [0.29, 0.717) is 0 Å². The van der Waals surface area contributed by atoms with E-state index in [-0.39, 0.29) is 0 Å². The lowest BCUT2D eigenvalue weighted by Gasteiger charge is -2.19. The molecule has 0 saturated heterocycles. The number of hydrogen-bond donors (Lipinski definition) is 0. The average molecular weight is 613 g/mol. The molecule has 226 valence electrons. The molecule has 0 fully saturated rings. The standard InChI is InChI=1S/C46H32N2/c1-3-15-37(16-4-2)48-43-24-14-13-23-42(43)47-46(48)36-29-30-40-41(31-36)45(34-19-9-6-10-20-34)39-22-12-11-21-38(39)44(40)35-27-25-33(26-28-35)32-17-7-5-8-18-32/h1,4-31H,2H3/b16-4-,37-15+. The first-order valence-corrected chi connectivity index (χ1v) is 16.2. The maximum Gasteiger partial charge on any atom is 0.145 e. The number of imidazole rings is 1. The van der Waals surface area contributed by atoms with Gasteiger partial charge in [-0.05, 0) is 86.1 Å². The second-order valence-corrected chi connectivity index (χ2v) is 11.9. The highest BCUT2D eigenvalue weighted by Gasteiger charge is 2.20. The molecule has 8 aromatic rings. The maximum atomic E-state index is 5.83. The predicted octanol–water partition coefficient (Wildman–Crippen LogP) is 12.1. The quantitative estimate of drug-likeness (QED) is 0.104. The highest BCUT2D eigenvalue weighted by Crippen LogP contribution is 2.45. The van der Waals surface area contributed by atoms with Gasteiger partial charge < -0.3 is 0 Å². The van der Waals surface area contributed by atoms with E-state index >= 15 is 0 Å². The second-order valence-electron chi connectivity index (χ2n) is 11.9. The van der Waals surface area contributed by atoms with Gasteiger partial charge in [-0.1, -0.05) is 145 Å². The molecule has 0 radical (unpaired) electrons. The van der Waals surface area contributed by atoms with Gasteiger partial charge in [0.25, 0.3) is 0 Å². The van der Waals surface area contributed by atoms with E-state index in [2.05, 4.69) is 150 Å². The average Bonchev–Trinajstić information content (AvgIpc) is 3.54. The molecule has 0 aliphatic carbocycles. The smallest absolute Gasteiger partial charge is 0.145 e. The fraction of sp³-hybridized carbons (Fsp3) is 0.0217. The van der Waals surface area contributed by atoms with E-state index in [9.17, 15) is 0 Å². The highest BCUT2D eigenvalue weighted by molar-refractivity contribution is 6.22. The summed E-state index contributed by atoms with van der Waals surface area (Å²) in [7, 11) is 0. The van der Waals surface area contributed by atoms with Gasteiger partial charge in [-0.15, -0.1) is 6.42 Å². The number of fused-ring (bicyclic) bond motifs is 3. The Morgan fingerprint density at radius 1 is 0.562 bits per heavy atom. The summed E-state index contributed by atoms with van der Waals surface area (Å²) in [6.45, 7) is 2.00. The maximum absolute atomic E-state index is 5.83. The van der Waals surface area contributed by atoms with Gasteiger partial charge in [0.15, 0.2) is 0 Å². The fourth-order valence-electron chi connectivity index (χ4n) is 6.93. The van der Waals surface area contributed by atoms with Crippen LogP contribution in [-0.2, 0) is 0 Å². The Morgan fingerprint density at radius 3 is 1.77 bits per heavy atom. The minimum absolute atomic E-state index is 0.846. The summed E-state index contributed by atoms with van der Waals surface area (Å²) in [5.41, 5.74) is 11.0. The van der Waals surface area contributed by atoms with Crippen LogP contribution >= 0.6 is 0 Å². The lowest BCUT2D eigenvalue weighted by Crippen LogP contribution is -1.99. The molecule has 2 heteroatoms. The normalized spacial score (nSPS) is 11.9. The molecule has 1 heterocycles. The summed E-state index contributed by atoms with van der Waals surface area (Å²) < 4.78 is 2.17. The number of benzene rings is 7. The molecule has 0 N–H and O–H groups in total. The molecule has 0 aliphatic rings. The van der Waals surface area contributed by atoms with Crippen LogP contribution in [0.15, 0.2) is 170 Å². The predicted molar refractivity (Wildman–Crippen MR) is 204 cm³/mol. The Labute approximate surface area is 281 Å². The van der Waals surface area contributed by atoms with E-state index in [1.807, 2.05) is 31.2 Å². The zero-order valence-corrected chi connectivity index (χ0v) is 26.6. The summed E-state index contributed by atoms with van der Waals surface area (Å²) in [6, 6.07) is 54.0. The molecule has 0 amide bonds. The Balaban J connectivity index is 1.44. The SMILES string of the molecule is C#C/C=C(\C=C/C)n1c(-c2ccc3c(-c4ccc(-c5ccccc5)cc4)c4ccccc4c(-c4ccccc4)c3c2)nc2ccccc21. The molecule has 0 atom stereocenters. The minimum Gasteiger partial charge on any atom is -0.292 e. The minimum atomic E-state index is 0.846. The summed E-state index contributed by atoms with van der Waals surface area (Å²) >= 11 is 0. The monoisotopic (exact) mass is 612 g/mol. The van der Waals surface area contributed by atoms with Gasteiger partial charge in [0.05, 0.1) is 16.7 Å². The Hall–Kier alpha value is -6.43. The summed E-state index contributed by atoms with van der Waals surface area (Å²) in [4.78, 5) is 5.18. The number of nitrogens with zero attached hydrogens (tertiary/aromatic N) is 2. The lowest BCUT2D eigenvalue weighted by atomic mass is 9.85. The summed E-state index contributed by atoms with van der Waals surface area (Å²) in [5.74, 6) is 3.59. The van der Waals surface area contributed by atoms with Crippen LogP contribution in [0.4, 0.5) is 0 Å². The third kappa shape index (κ3) is 4.99. The largest absolute Gasteiger partial charge is 0.292 e. The first-order chi connectivity index (χ1) is 23.7. The van der Waals surface area contributed by atoms with Crippen LogP contribution in [0, 0.1) is 12.3 Å². The van der Waals surface area contributed by atoms with Crippen LogP contribution in [0.25, 0.3) is 83.0 Å². The van der Waals surface area contributed by atoms with Gasteiger partial charge >= 0.3 is 0 Å². The molecule has 7 aromatic carbocycles. The van der Waals surface area contributed by atoms with Crippen LogP contribution in [-0.4, -0.2) is 9.55 Å². The first-order valence-electron chi connectivity index (χ1n) is 16.2. The molecule has 0 spiro atoms. The Morgan fingerprint density at radius 2 is 1.08 bits per heavy atom. The van der Waals surface area contributed by atoms with Gasteiger partial charge in [0.2, 0.25) is 0 Å². The van der Waals surface area contributed by atoms with E-state index in [4.69, 9.17) is 11.4 Å². The van der Waals surface area contributed by atoms with Crippen molar-refractivity contribution in [1.29, 1.82) is 0 Å². The van der Waals surface area contributed by atoms with Gasteiger partial charge in [0, 0.05) is 11.6 Å². The van der Waals surface area contributed by atoms with Gasteiger partial charge in [-0.3, -0.25) is 4.57 Å². The van der Waals surface area contributed by atoms with Gasteiger partial charge in [-0.25, -0.2) is 4.98 Å². The van der Waals surface area contributed by atoms with Crippen molar-refractivity contribution < 1.29 is 0 Å². The van der Waals surface area contributed by atoms with Crippen molar-refractivity contribution in [3.8, 4) is 57.1 Å². The van der Waals surface area contributed by atoms with Crippen LogP contribution in [0.1, 0.15) is 6.92 Å². The zero-order chi connectivity index (χ0) is 32.5. The molecule has 0 bridgehead atoms. The van der Waals surface area contributed by atoms with Crippen LogP contribution in [0.2, 0.25) is 0 Å².